The molecule has 0 saturated heterocycles. The molecule has 1 aromatic heterocycles. The Kier molecular flexibility index (Phi) is 3.69. The number of hydrogen-bond acceptors (Lipinski definition) is 3. The lowest BCUT2D eigenvalue weighted by Gasteiger charge is -2.18. The number of carbonyl (C=O) groups excluding carboxylic acids is 1. The fraction of sp³-hybridized carbons (Fsp3) is 0.533. The smallest absolute Gasteiger partial charge is 0.287 e. The second kappa shape index (κ2) is 5.61. The molecule has 3 unspecified atom stereocenters. The molecule has 2 bridgehead atoms. The number of nitrogens with one attached hydrogen (secondary N) is 2. The molecule has 102 valence electrons. The van der Waals surface area contributed by atoms with E-state index in [0.717, 1.165) is 30.8 Å². The maximum atomic E-state index is 11.6. The summed E-state index contributed by atoms with van der Waals surface area (Å²) < 4.78 is 5.03. The minimum atomic E-state index is -0.144. The van der Waals surface area contributed by atoms with Crippen LogP contribution in [0.2, 0.25) is 0 Å². The van der Waals surface area contributed by atoms with Crippen molar-refractivity contribution in [3.8, 4) is 0 Å². The number of furan rings is 1. The van der Waals surface area contributed by atoms with Gasteiger partial charge in [-0.1, -0.05) is 12.2 Å². The topological polar surface area (TPSA) is 54.3 Å². The van der Waals surface area contributed by atoms with E-state index in [1.807, 2.05) is 0 Å². The van der Waals surface area contributed by atoms with Gasteiger partial charge < -0.3 is 15.1 Å². The van der Waals surface area contributed by atoms with E-state index in [0.29, 0.717) is 12.3 Å². The number of amides is 1. The minimum Gasteiger partial charge on any atom is -0.459 e. The Morgan fingerprint density at radius 3 is 2.95 bits per heavy atom. The molecule has 2 N–H and O–H groups in total. The SMILES string of the molecule is O=C(NCCNCC1CC2C=CC1C2)c1ccco1. The zero-order valence-corrected chi connectivity index (χ0v) is 11.0. The molecule has 4 heteroatoms. The van der Waals surface area contributed by atoms with Crippen molar-refractivity contribution in [1.82, 2.24) is 10.6 Å². The van der Waals surface area contributed by atoms with Crippen molar-refractivity contribution in [2.24, 2.45) is 17.8 Å². The predicted molar refractivity (Wildman–Crippen MR) is 72.8 cm³/mol. The normalized spacial score (nSPS) is 27.9. The first-order valence-electron chi connectivity index (χ1n) is 7.03. The van der Waals surface area contributed by atoms with Crippen LogP contribution in [0.1, 0.15) is 23.4 Å². The molecule has 1 amide bonds. The first-order valence-corrected chi connectivity index (χ1v) is 7.03. The summed E-state index contributed by atoms with van der Waals surface area (Å²) in [5.74, 6) is 2.63. The Bertz CT molecular complexity index is 453. The first-order chi connectivity index (χ1) is 9.33. The molecule has 0 radical (unpaired) electrons. The van der Waals surface area contributed by atoms with Crippen LogP contribution in [-0.4, -0.2) is 25.5 Å². The van der Waals surface area contributed by atoms with Crippen LogP contribution in [0.3, 0.4) is 0 Å². The largest absolute Gasteiger partial charge is 0.459 e. The van der Waals surface area contributed by atoms with Gasteiger partial charge in [0, 0.05) is 13.1 Å². The van der Waals surface area contributed by atoms with Crippen LogP contribution >= 0.6 is 0 Å². The van der Waals surface area contributed by atoms with Crippen LogP contribution < -0.4 is 10.6 Å². The number of allylic oxidation sites excluding steroid dienone is 2. The van der Waals surface area contributed by atoms with E-state index >= 15 is 0 Å². The van der Waals surface area contributed by atoms with Crippen molar-refractivity contribution in [3.63, 3.8) is 0 Å². The molecule has 1 aromatic rings. The summed E-state index contributed by atoms with van der Waals surface area (Å²) >= 11 is 0. The third-order valence-corrected chi connectivity index (χ3v) is 4.16. The van der Waals surface area contributed by atoms with Gasteiger partial charge in [-0.25, -0.2) is 0 Å². The molecule has 19 heavy (non-hydrogen) atoms. The molecule has 3 atom stereocenters. The van der Waals surface area contributed by atoms with Crippen LogP contribution in [-0.2, 0) is 0 Å². The maximum Gasteiger partial charge on any atom is 0.287 e. The third kappa shape index (κ3) is 2.89. The lowest BCUT2D eigenvalue weighted by atomic mass is 9.94. The highest BCUT2D eigenvalue weighted by Crippen LogP contribution is 2.42. The summed E-state index contributed by atoms with van der Waals surface area (Å²) in [6, 6.07) is 3.39. The van der Waals surface area contributed by atoms with E-state index in [4.69, 9.17) is 4.42 Å². The van der Waals surface area contributed by atoms with Crippen molar-refractivity contribution in [2.45, 2.75) is 12.8 Å². The standard InChI is InChI=1S/C15H20N2O2/c18-15(14-2-1-7-19-14)17-6-5-16-10-13-9-11-3-4-12(13)8-11/h1-4,7,11-13,16H,5-6,8-10H2,(H,17,18). The second-order valence-electron chi connectivity index (χ2n) is 5.48. The highest BCUT2D eigenvalue weighted by molar-refractivity contribution is 5.91. The molecule has 2 aliphatic carbocycles. The lowest BCUT2D eigenvalue weighted by Crippen LogP contribution is -2.34. The van der Waals surface area contributed by atoms with Crippen molar-refractivity contribution >= 4 is 5.91 Å². The van der Waals surface area contributed by atoms with Gasteiger partial charge in [-0.2, -0.15) is 0 Å². The fourth-order valence-electron chi connectivity index (χ4n) is 3.18. The fourth-order valence-corrected chi connectivity index (χ4v) is 3.18. The molecule has 2 aliphatic rings. The Balaban J connectivity index is 1.29. The molecule has 1 heterocycles. The average molecular weight is 260 g/mol. The van der Waals surface area contributed by atoms with Gasteiger partial charge in [-0.05, 0) is 49.3 Å². The number of carbonyl (C=O) groups is 1. The van der Waals surface area contributed by atoms with Gasteiger partial charge in [0.05, 0.1) is 6.26 Å². The summed E-state index contributed by atoms with van der Waals surface area (Å²) in [5.41, 5.74) is 0. The maximum absolute atomic E-state index is 11.6. The second-order valence-corrected chi connectivity index (χ2v) is 5.48. The van der Waals surface area contributed by atoms with Crippen molar-refractivity contribution < 1.29 is 9.21 Å². The zero-order chi connectivity index (χ0) is 13.1. The van der Waals surface area contributed by atoms with E-state index in [1.165, 1.54) is 19.1 Å². The Morgan fingerprint density at radius 2 is 2.26 bits per heavy atom. The number of fused-ring (bicyclic) bond motifs is 2. The van der Waals surface area contributed by atoms with Gasteiger partial charge in [0.15, 0.2) is 5.76 Å². The van der Waals surface area contributed by atoms with Crippen LogP contribution in [0, 0.1) is 17.8 Å². The van der Waals surface area contributed by atoms with Crippen molar-refractivity contribution in [1.29, 1.82) is 0 Å². The van der Waals surface area contributed by atoms with E-state index in [2.05, 4.69) is 22.8 Å². The molecule has 0 aliphatic heterocycles. The zero-order valence-electron chi connectivity index (χ0n) is 11.0. The van der Waals surface area contributed by atoms with E-state index < -0.39 is 0 Å². The Hall–Kier alpha value is -1.55. The molecule has 0 aromatic carbocycles. The van der Waals surface area contributed by atoms with Gasteiger partial charge in [-0.3, -0.25) is 4.79 Å². The molecule has 3 rings (SSSR count). The molecule has 0 spiro atoms. The summed E-state index contributed by atoms with van der Waals surface area (Å²) in [7, 11) is 0. The average Bonchev–Trinajstić information content (AvgIpc) is 3.15. The van der Waals surface area contributed by atoms with Gasteiger partial charge in [0.1, 0.15) is 0 Å². The van der Waals surface area contributed by atoms with E-state index in [1.54, 1.807) is 12.1 Å². The molecule has 4 nitrogen and oxygen atoms in total. The highest BCUT2D eigenvalue weighted by Gasteiger charge is 2.34. The van der Waals surface area contributed by atoms with Gasteiger partial charge in [-0.15, -0.1) is 0 Å². The summed E-state index contributed by atoms with van der Waals surface area (Å²) in [6.07, 6.45) is 8.92. The molecular formula is C15H20N2O2. The Labute approximate surface area is 113 Å². The van der Waals surface area contributed by atoms with Crippen LogP contribution in [0.5, 0.6) is 0 Å². The monoisotopic (exact) mass is 260 g/mol. The lowest BCUT2D eigenvalue weighted by molar-refractivity contribution is 0.0926. The van der Waals surface area contributed by atoms with E-state index in [-0.39, 0.29) is 5.91 Å². The van der Waals surface area contributed by atoms with Crippen LogP contribution in [0.15, 0.2) is 35.0 Å². The summed E-state index contributed by atoms with van der Waals surface area (Å²) in [4.78, 5) is 11.6. The van der Waals surface area contributed by atoms with Crippen molar-refractivity contribution in [3.05, 3.63) is 36.3 Å². The predicted octanol–water partition coefficient (Wildman–Crippen LogP) is 1.81. The van der Waals surface area contributed by atoms with Crippen LogP contribution in [0.25, 0.3) is 0 Å². The van der Waals surface area contributed by atoms with Gasteiger partial charge in [0.25, 0.3) is 5.91 Å². The van der Waals surface area contributed by atoms with Gasteiger partial charge >= 0.3 is 0 Å². The Morgan fingerprint density at radius 1 is 1.32 bits per heavy atom. The molecular weight excluding hydrogens is 240 g/mol. The number of rotatable bonds is 6. The highest BCUT2D eigenvalue weighted by atomic mass is 16.3. The molecule has 1 fully saturated rings. The van der Waals surface area contributed by atoms with E-state index in [9.17, 15) is 4.79 Å². The minimum absolute atomic E-state index is 0.144. The van der Waals surface area contributed by atoms with Crippen molar-refractivity contribution in [2.75, 3.05) is 19.6 Å². The first kappa shape index (κ1) is 12.5. The number of hydrogen-bond donors (Lipinski definition) is 2. The van der Waals surface area contributed by atoms with Crippen LogP contribution in [0.4, 0.5) is 0 Å². The third-order valence-electron chi connectivity index (χ3n) is 4.16. The van der Waals surface area contributed by atoms with Gasteiger partial charge in [0.2, 0.25) is 0 Å². The quantitative estimate of drug-likeness (QED) is 0.606. The summed E-state index contributed by atoms with van der Waals surface area (Å²) in [5, 5.41) is 6.27. The molecule has 1 saturated carbocycles. The summed E-state index contributed by atoms with van der Waals surface area (Å²) in [6.45, 7) is 2.50.